The number of benzene rings is 1. The van der Waals surface area contributed by atoms with Crippen LogP contribution in [0.3, 0.4) is 0 Å². The second-order valence-electron chi connectivity index (χ2n) is 6.49. The molecule has 2 aliphatic rings. The molecular formula is C18H26N2O3. The SMILES string of the molecule is CC(NC(=O)N1CCOC(Cc2ccccc2)C1)C1CCOC1. The van der Waals surface area contributed by atoms with Crippen molar-refractivity contribution < 1.29 is 14.3 Å². The summed E-state index contributed by atoms with van der Waals surface area (Å²) in [6.45, 7) is 5.54. The Hall–Kier alpha value is -1.59. The molecule has 0 radical (unpaired) electrons. The Balaban J connectivity index is 1.50. The molecule has 126 valence electrons. The van der Waals surface area contributed by atoms with Gasteiger partial charge in [0.15, 0.2) is 0 Å². The molecular weight excluding hydrogens is 292 g/mol. The first-order chi connectivity index (χ1) is 11.2. The van der Waals surface area contributed by atoms with Crippen molar-refractivity contribution in [1.29, 1.82) is 0 Å². The van der Waals surface area contributed by atoms with Gasteiger partial charge in [0, 0.05) is 38.1 Å². The lowest BCUT2D eigenvalue weighted by Gasteiger charge is -2.34. The van der Waals surface area contributed by atoms with Crippen LogP contribution in [0, 0.1) is 5.92 Å². The lowest BCUT2D eigenvalue weighted by molar-refractivity contribution is -0.0138. The van der Waals surface area contributed by atoms with E-state index in [0.29, 0.717) is 25.6 Å². The number of ether oxygens (including phenoxy) is 2. The van der Waals surface area contributed by atoms with Crippen molar-refractivity contribution in [2.75, 3.05) is 32.9 Å². The monoisotopic (exact) mass is 318 g/mol. The predicted octanol–water partition coefficient (Wildman–Crippen LogP) is 2.06. The van der Waals surface area contributed by atoms with Gasteiger partial charge in [-0.2, -0.15) is 0 Å². The largest absolute Gasteiger partial charge is 0.381 e. The summed E-state index contributed by atoms with van der Waals surface area (Å²) in [4.78, 5) is 14.4. The van der Waals surface area contributed by atoms with E-state index in [1.165, 1.54) is 5.56 Å². The Morgan fingerprint density at radius 1 is 1.35 bits per heavy atom. The van der Waals surface area contributed by atoms with Crippen LogP contribution in [0.2, 0.25) is 0 Å². The van der Waals surface area contributed by atoms with Gasteiger partial charge in [-0.25, -0.2) is 4.79 Å². The number of nitrogens with zero attached hydrogens (tertiary/aromatic N) is 1. The van der Waals surface area contributed by atoms with E-state index in [0.717, 1.165) is 26.1 Å². The smallest absolute Gasteiger partial charge is 0.317 e. The van der Waals surface area contributed by atoms with Crippen LogP contribution in [0.25, 0.3) is 0 Å². The van der Waals surface area contributed by atoms with Crippen molar-refractivity contribution in [3.05, 3.63) is 35.9 Å². The Bertz CT molecular complexity index is 502. The number of urea groups is 1. The minimum Gasteiger partial charge on any atom is -0.381 e. The molecule has 2 amide bonds. The molecule has 5 nitrogen and oxygen atoms in total. The van der Waals surface area contributed by atoms with Gasteiger partial charge in [-0.3, -0.25) is 0 Å². The van der Waals surface area contributed by atoms with Crippen molar-refractivity contribution in [1.82, 2.24) is 10.2 Å². The third-order valence-corrected chi connectivity index (χ3v) is 4.76. The number of hydrogen-bond donors (Lipinski definition) is 1. The normalized spacial score (nSPS) is 26.0. The summed E-state index contributed by atoms with van der Waals surface area (Å²) in [6, 6.07) is 10.5. The van der Waals surface area contributed by atoms with Crippen LogP contribution in [0.5, 0.6) is 0 Å². The standard InChI is InChI=1S/C18H26N2O3/c1-14(16-7-9-22-13-16)19-18(21)20-8-10-23-17(12-20)11-15-5-3-2-4-6-15/h2-6,14,16-17H,7-13H2,1H3,(H,19,21). The maximum absolute atomic E-state index is 12.5. The van der Waals surface area contributed by atoms with Crippen molar-refractivity contribution in [2.45, 2.75) is 31.9 Å². The van der Waals surface area contributed by atoms with Gasteiger partial charge in [0.1, 0.15) is 0 Å². The highest BCUT2D eigenvalue weighted by atomic mass is 16.5. The van der Waals surface area contributed by atoms with Gasteiger partial charge < -0.3 is 19.7 Å². The van der Waals surface area contributed by atoms with Crippen molar-refractivity contribution in [3.63, 3.8) is 0 Å². The fourth-order valence-corrected chi connectivity index (χ4v) is 3.26. The molecule has 0 bridgehead atoms. The molecule has 3 atom stereocenters. The highest BCUT2D eigenvalue weighted by Crippen LogP contribution is 2.17. The molecule has 2 saturated heterocycles. The maximum Gasteiger partial charge on any atom is 0.317 e. The van der Waals surface area contributed by atoms with E-state index in [-0.39, 0.29) is 18.2 Å². The fourth-order valence-electron chi connectivity index (χ4n) is 3.26. The van der Waals surface area contributed by atoms with Crippen LogP contribution >= 0.6 is 0 Å². The quantitative estimate of drug-likeness (QED) is 0.924. The summed E-state index contributed by atoms with van der Waals surface area (Å²) < 4.78 is 11.2. The maximum atomic E-state index is 12.5. The molecule has 5 heteroatoms. The summed E-state index contributed by atoms with van der Waals surface area (Å²) in [7, 11) is 0. The molecule has 1 aromatic carbocycles. The first kappa shape index (κ1) is 16.3. The molecule has 1 aromatic rings. The zero-order valence-electron chi connectivity index (χ0n) is 13.7. The predicted molar refractivity (Wildman–Crippen MR) is 88.4 cm³/mol. The van der Waals surface area contributed by atoms with Gasteiger partial charge in [0.25, 0.3) is 0 Å². The third kappa shape index (κ3) is 4.45. The molecule has 3 unspecified atom stereocenters. The van der Waals surface area contributed by atoms with E-state index >= 15 is 0 Å². The lowest BCUT2D eigenvalue weighted by Crippen LogP contribution is -2.52. The van der Waals surface area contributed by atoms with Gasteiger partial charge in [-0.05, 0) is 18.9 Å². The first-order valence-electron chi connectivity index (χ1n) is 8.51. The molecule has 2 aliphatic heterocycles. The van der Waals surface area contributed by atoms with Crippen molar-refractivity contribution >= 4 is 6.03 Å². The van der Waals surface area contributed by atoms with Crippen molar-refractivity contribution in [3.8, 4) is 0 Å². The van der Waals surface area contributed by atoms with Crippen LogP contribution in [0.1, 0.15) is 18.9 Å². The summed E-state index contributed by atoms with van der Waals surface area (Å²) in [5.41, 5.74) is 1.25. The van der Waals surface area contributed by atoms with E-state index in [1.54, 1.807) is 0 Å². The van der Waals surface area contributed by atoms with E-state index < -0.39 is 0 Å². The van der Waals surface area contributed by atoms with Gasteiger partial charge in [-0.15, -0.1) is 0 Å². The van der Waals surface area contributed by atoms with Crippen LogP contribution in [-0.2, 0) is 15.9 Å². The highest BCUT2D eigenvalue weighted by molar-refractivity contribution is 5.74. The average molecular weight is 318 g/mol. The van der Waals surface area contributed by atoms with Crippen LogP contribution in [-0.4, -0.2) is 56.0 Å². The number of rotatable bonds is 4. The second-order valence-corrected chi connectivity index (χ2v) is 6.49. The third-order valence-electron chi connectivity index (χ3n) is 4.76. The minimum atomic E-state index is 0.0192. The minimum absolute atomic E-state index is 0.0192. The van der Waals surface area contributed by atoms with Gasteiger partial charge in [0.05, 0.1) is 19.3 Å². The Labute approximate surface area is 137 Å². The lowest BCUT2D eigenvalue weighted by atomic mass is 10.0. The van der Waals surface area contributed by atoms with Gasteiger partial charge in [0.2, 0.25) is 0 Å². The molecule has 0 spiro atoms. The van der Waals surface area contributed by atoms with E-state index in [4.69, 9.17) is 9.47 Å². The molecule has 2 heterocycles. The number of carbonyl (C=O) groups is 1. The number of amides is 2. The molecule has 0 aliphatic carbocycles. The molecule has 2 fully saturated rings. The Morgan fingerprint density at radius 3 is 2.91 bits per heavy atom. The topological polar surface area (TPSA) is 50.8 Å². The summed E-state index contributed by atoms with van der Waals surface area (Å²) in [5, 5.41) is 3.13. The molecule has 0 aromatic heterocycles. The molecule has 1 N–H and O–H groups in total. The fraction of sp³-hybridized carbons (Fsp3) is 0.611. The Morgan fingerprint density at radius 2 is 2.17 bits per heavy atom. The van der Waals surface area contributed by atoms with Gasteiger partial charge >= 0.3 is 6.03 Å². The number of carbonyl (C=O) groups excluding carboxylic acids is 1. The summed E-state index contributed by atoms with van der Waals surface area (Å²) in [5.74, 6) is 0.431. The van der Waals surface area contributed by atoms with E-state index in [2.05, 4.69) is 24.4 Å². The number of hydrogen-bond acceptors (Lipinski definition) is 3. The first-order valence-corrected chi connectivity index (χ1v) is 8.51. The van der Waals surface area contributed by atoms with Crippen LogP contribution in [0.15, 0.2) is 30.3 Å². The van der Waals surface area contributed by atoms with Crippen LogP contribution in [0.4, 0.5) is 4.79 Å². The second kappa shape index (κ2) is 7.79. The van der Waals surface area contributed by atoms with Crippen LogP contribution < -0.4 is 5.32 Å². The zero-order valence-corrected chi connectivity index (χ0v) is 13.7. The summed E-state index contributed by atoms with van der Waals surface area (Å²) in [6.07, 6.45) is 1.94. The average Bonchev–Trinajstić information content (AvgIpc) is 3.10. The Kier molecular flexibility index (Phi) is 5.51. The molecule has 0 saturated carbocycles. The molecule has 23 heavy (non-hydrogen) atoms. The van der Waals surface area contributed by atoms with E-state index in [9.17, 15) is 4.79 Å². The van der Waals surface area contributed by atoms with Crippen molar-refractivity contribution in [2.24, 2.45) is 5.92 Å². The summed E-state index contributed by atoms with van der Waals surface area (Å²) >= 11 is 0. The highest BCUT2D eigenvalue weighted by Gasteiger charge is 2.28. The van der Waals surface area contributed by atoms with E-state index in [1.807, 2.05) is 23.1 Å². The van der Waals surface area contributed by atoms with Gasteiger partial charge in [-0.1, -0.05) is 30.3 Å². The number of nitrogens with one attached hydrogen (secondary N) is 1. The number of morpholine rings is 1. The molecule has 3 rings (SSSR count). The zero-order chi connectivity index (χ0) is 16.1.